The Morgan fingerprint density at radius 2 is 1.89 bits per heavy atom. The van der Waals surface area contributed by atoms with Crippen LogP contribution in [-0.4, -0.2) is 33.3 Å². The summed E-state index contributed by atoms with van der Waals surface area (Å²) < 4.78 is 13.7. The highest BCUT2D eigenvalue weighted by molar-refractivity contribution is 9.10. The Balaban J connectivity index is 1.38. The molecule has 2 heterocycles. The van der Waals surface area contributed by atoms with Gasteiger partial charge >= 0.3 is 0 Å². The summed E-state index contributed by atoms with van der Waals surface area (Å²) in [5, 5.41) is 19.8. The van der Waals surface area contributed by atoms with Crippen molar-refractivity contribution < 1.29 is 18.9 Å². The van der Waals surface area contributed by atoms with Crippen LogP contribution in [0.5, 0.6) is 5.75 Å². The number of aromatic nitrogens is 2. The second kappa shape index (κ2) is 11.9. The minimum atomic E-state index is -0.563. The van der Waals surface area contributed by atoms with Gasteiger partial charge < -0.3 is 14.5 Å². The number of nitrogens with zero attached hydrogens (tertiary/aromatic N) is 4. The van der Waals surface area contributed by atoms with Gasteiger partial charge in [-0.25, -0.2) is 4.98 Å². The van der Waals surface area contributed by atoms with Crippen molar-refractivity contribution >= 4 is 61.3 Å². The van der Waals surface area contributed by atoms with Gasteiger partial charge in [0, 0.05) is 33.2 Å². The molecule has 6 rings (SSSR count). The van der Waals surface area contributed by atoms with Gasteiger partial charge in [0.1, 0.15) is 11.3 Å². The van der Waals surface area contributed by atoms with Gasteiger partial charge in [0.25, 0.3) is 17.2 Å². The molecule has 1 amide bonds. The predicted octanol–water partition coefficient (Wildman–Crippen LogP) is 6.69. The molecule has 0 aliphatic heterocycles. The first-order valence-electron chi connectivity index (χ1n) is 13.3. The number of rotatable bonds is 8. The number of hydrogen-bond acceptors (Lipinski definition) is 8. The summed E-state index contributed by atoms with van der Waals surface area (Å²) in [6.07, 6.45) is 1.25. The molecular weight excluding hydrogens is 630 g/mol. The summed E-state index contributed by atoms with van der Waals surface area (Å²) in [5.74, 6) is 0.142. The van der Waals surface area contributed by atoms with E-state index in [9.17, 15) is 19.7 Å². The van der Waals surface area contributed by atoms with E-state index in [1.54, 1.807) is 48.5 Å². The number of nitro groups is 1. The van der Waals surface area contributed by atoms with Crippen LogP contribution < -0.4 is 15.6 Å². The van der Waals surface area contributed by atoms with Gasteiger partial charge in [-0.15, -0.1) is 0 Å². The standard InChI is InChI=1S/C32H22BrN5O6/c1-19-6-9-23(10-7-19)35-30(39)18-43-27-13-11-24(38(41)42)15-21(27)17-34-37-31(36-26-5-3-2-4-25(26)32(37)40)29-16-20-14-22(33)8-12-28(20)44-29/h2-17H,18H2,1H3,(H,35,39). The van der Waals surface area contributed by atoms with Crippen molar-refractivity contribution in [2.24, 2.45) is 5.10 Å². The number of halogens is 1. The number of carbonyl (C=O) groups excluding carboxylic acids is 1. The highest BCUT2D eigenvalue weighted by Crippen LogP contribution is 2.29. The van der Waals surface area contributed by atoms with E-state index in [0.717, 1.165) is 20.1 Å². The maximum Gasteiger partial charge on any atom is 0.282 e. The Kier molecular flexibility index (Phi) is 7.73. The van der Waals surface area contributed by atoms with E-state index in [2.05, 4.69) is 31.3 Å². The summed E-state index contributed by atoms with van der Waals surface area (Å²) in [6, 6.07) is 25.2. The van der Waals surface area contributed by atoms with Crippen LogP contribution in [-0.2, 0) is 4.79 Å². The normalized spacial score (nSPS) is 11.3. The number of amides is 1. The topological polar surface area (TPSA) is 142 Å². The number of nitro benzene ring substituents is 1. The van der Waals surface area contributed by atoms with Crippen LogP contribution >= 0.6 is 15.9 Å². The van der Waals surface area contributed by atoms with Gasteiger partial charge in [-0.3, -0.25) is 19.7 Å². The van der Waals surface area contributed by atoms with E-state index in [4.69, 9.17) is 9.15 Å². The second-order valence-corrected chi connectivity index (χ2v) is 10.7. The third-order valence-corrected chi connectivity index (χ3v) is 7.16. The monoisotopic (exact) mass is 651 g/mol. The molecule has 6 aromatic rings. The van der Waals surface area contributed by atoms with Crippen molar-refractivity contribution in [2.45, 2.75) is 6.92 Å². The minimum Gasteiger partial charge on any atom is -0.483 e. The van der Waals surface area contributed by atoms with Crippen molar-refractivity contribution in [2.75, 3.05) is 11.9 Å². The first-order chi connectivity index (χ1) is 21.2. The lowest BCUT2D eigenvalue weighted by atomic mass is 10.2. The molecule has 0 bridgehead atoms. The van der Waals surface area contributed by atoms with Gasteiger partial charge in [-0.2, -0.15) is 9.78 Å². The maximum absolute atomic E-state index is 13.7. The number of anilines is 1. The predicted molar refractivity (Wildman–Crippen MR) is 170 cm³/mol. The highest BCUT2D eigenvalue weighted by atomic mass is 79.9. The van der Waals surface area contributed by atoms with Crippen LogP contribution in [0.2, 0.25) is 0 Å². The van der Waals surface area contributed by atoms with Gasteiger partial charge in [0.2, 0.25) is 5.82 Å². The molecule has 44 heavy (non-hydrogen) atoms. The lowest BCUT2D eigenvalue weighted by Gasteiger charge is -2.11. The van der Waals surface area contributed by atoms with Crippen LogP contribution in [0.3, 0.4) is 0 Å². The van der Waals surface area contributed by atoms with Crippen molar-refractivity contribution in [3.63, 3.8) is 0 Å². The second-order valence-electron chi connectivity index (χ2n) is 9.79. The number of nitrogens with one attached hydrogen (secondary N) is 1. The minimum absolute atomic E-state index is 0.127. The Morgan fingerprint density at radius 3 is 2.68 bits per heavy atom. The zero-order valence-corrected chi connectivity index (χ0v) is 24.6. The van der Waals surface area contributed by atoms with Gasteiger partial charge in [0.05, 0.1) is 22.0 Å². The first kappa shape index (κ1) is 28.5. The van der Waals surface area contributed by atoms with Crippen LogP contribution in [0.1, 0.15) is 11.1 Å². The zero-order valence-electron chi connectivity index (χ0n) is 23.1. The Hall–Kier alpha value is -5.62. The molecule has 0 unspecified atom stereocenters. The molecule has 0 spiro atoms. The van der Waals surface area contributed by atoms with Crippen LogP contribution in [0.15, 0.2) is 110 Å². The molecule has 0 aliphatic carbocycles. The molecule has 0 atom stereocenters. The van der Waals surface area contributed by atoms with Gasteiger partial charge in [-0.1, -0.05) is 45.8 Å². The van der Waals surface area contributed by atoms with E-state index in [1.807, 2.05) is 31.2 Å². The number of para-hydroxylation sites is 1. The van der Waals surface area contributed by atoms with E-state index in [1.165, 1.54) is 24.4 Å². The van der Waals surface area contributed by atoms with Crippen molar-refractivity contribution in [3.05, 3.63) is 127 Å². The molecule has 2 aromatic heterocycles. The molecule has 0 saturated carbocycles. The lowest BCUT2D eigenvalue weighted by Crippen LogP contribution is -2.21. The fourth-order valence-corrected chi connectivity index (χ4v) is 4.87. The molecule has 1 N–H and O–H groups in total. The fraction of sp³-hybridized carbons (Fsp3) is 0.0625. The van der Waals surface area contributed by atoms with E-state index in [-0.39, 0.29) is 29.4 Å². The summed E-state index contributed by atoms with van der Waals surface area (Å²) in [6.45, 7) is 1.57. The summed E-state index contributed by atoms with van der Waals surface area (Å²) in [5.41, 5.74) is 2.14. The smallest absolute Gasteiger partial charge is 0.282 e. The van der Waals surface area contributed by atoms with Crippen molar-refractivity contribution in [1.82, 2.24) is 9.66 Å². The third kappa shape index (κ3) is 5.96. The zero-order chi connectivity index (χ0) is 30.8. The lowest BCUT2D eigenvalue weighted by molar-refractivity contribution is -0.384. The molecule has 4 aromatic carbocycles. The number of hydrogen-bond donors (Lipinski definition) is 1. The molecule has 218 valence electrons. The van der Waals surface area contributed by atoms with Crippen LogP contribution in [0, 0.1) is 17.0 Å². The van der Waals surface area contributed by atoms with Crippen molar-refractivity contribution in [3.8, 4) is 17.3 Å². The first-order valence-corrected chi connectivity index (χ1v) is 14.1. The molecule has 0 saturated heterocycles. The molecule has 0 fully saturated rings. The SMILES string of the molecule is Cc1ccc(NC(=O)COc2ccc([N+](=O)[O-])cc2C=Nn2c(-c3cc4cc(Br)ccc4o3)nc3ccccc3c2=O)cc1. The van der Waals surface area contributed by atoms with Gasteiger partial charge in [0.15, 0.2) is 12.4 Å². The number of fused-ring (bicyclic) bond motifs is 2. The molecule has 0 radical (unpaired) electrons. The van der Waals surface area contributed by atoms with E-state index in [0.29, 0.717) is 27.9 Å². The molecule has 12 heteroatoms. The Labute approximate surface area is 257 Å². The number of benzene rings is 4. The third-order valence-electron chi connectivity index (χ3n) is 6.66. The Bertz CT molecular complexity index is 2150. The Morgan fingerprint density at radius 1 is 1.09 bits per heavy atom. The largest absolute Gasteiger partial charge is 0.483 e. The average molecular weight is 652 g/mol. The number of carbonyl (C=O) groups is 1. The number of non-ortho nitro benzene ring substituents is 1. The van der Waals surface area contributed by atoms with E-state index < -0.39 is 16.4 Å². The summed E-state index contributed by atoms with van der Waals surface area (Å²) in [7, 11) is 0. The van der Waals surface area contributed by atoms with Crippen LogP contribution in [0.25, 0.3) is 33.5 Å². The number of furan rings is 1. The van der Waals surface area contributed by atoms with Crippen molar-refractivity contribution in [1.29, 1.82) is 0 Å². The summed E-state index contributed by atoms with van der Waals surface area (Å²) in [4.78, 5) is 41.9. The quantitative estimate of drug-likeness (QED) is 0.110. The van der Waals surface area contributed by atoms with Crippen LogP contribution in [0.4, 0.5) is 11.4 Å². The average Bonchev–Trinajstić information content (AvgIpc) is 3.44. The summed E-state index contributed by atoms with van der Waals surface area (Å²) >= 11 is 3.45. The highest BCUT2D eigenvalue weighted by Gasteiger charge is 2.18. The molecule has 11 nitrogen and oxygen atoms in total. The fourth-order valence-electron chi connectivity index (χ4n) is 4.49. The van der Waals surface area contributed by atoms with E-state index >= 15 is 0 Å². The van der Waals surface area contributed by atoms with Gasteiger partial charge in [-0.05, 0) is 61.5 Å². The number of ether oxygens (including phenoxy) is 1. The number of aryl methyl sites for hydroxylation is 1. The molecular formula is C32H22BrN5O6. The maximum atomic E-state index is 13.7. The molecule has 0 aliphatic rings.